The molecule has 0 saturated carbocycles. The van der Waals surface area contributed by atoms with Crippen LogP contribution in [0.1, 0.15) is 24.1 Å². The Morgan fingerprint density at radius 1 is 1.03 bits per heavy atom. The molecule has 1 aromatic carbocycles. The number of benzene rings is 1. The summed E-state index contributed by atoms with van der Waals surface area (Å²) in [6.45, 7) is 3.94. The van der Waals surface area contributed by atoms with Crippen molar-refractivity contribution in [1.29, 1.82) is 0 Å². The van der Waals surface area contributed by atoms with Crippen molar-refractivity contribution in [3.63, 3.8) is 0 Å². The molecule has 2 aromatic heterocycles. The van der Waals surface area contributed by atoms with Crippen LogP contribution in [-0.4, -0.2) is 40.7 Å². The molecule has 0 spiro atoms. The molecule has 30 heavy (non-hydrogen) atoms. The molecule has 1 aliphatic rings. The highest BCUT2D eigenvalue weighted by atomic mass is 19.1. The van der Waals surface area contributed by atoms with E-state index in [1.807, 2.05) is 30.3 Å². The zero-order valence-corrected chi connectivity index (χ0v) is 16.7. The van der Waals surface area contributed by atoms with E-state index in [1.54, 1.807) is 35.0 Å². The van der Waals surface area contributed by atoms with Crippen LogP contribution in [0.5, 0.6) is 5.75 Å². The van der Waals surface area contributed by atoms with Gasteiger partial charge in [-0.2, -0.15) is 0 Å². The second-order valence-corrected chi connectivity index (χ2v) is 7.29. The van der Waals surface area contributed by atoms with E-state index in [1.165, 1.54) is 18.9 Å². The molecule has 0 aliphatic carbocycles. The smallest absolute Gasteiger partial charge is 0.255 e. The van der Waals surface area contributed by atoms with Crippen molar-refractivity contribution in [3.05, 3.63) is 88.4 Å². The van der Waals surface area contributed by atoms with E-state index in [2.05, 4.69) is 9.88 Å². The maximum Gasteiger partial charge on any atom is 0.255 e. The van der Waals surface area contributed by atoms with Gasteiger partial charge in [-0.15, -0.1) is 0 Å². The van der Waals surface area contributed by atoms with Crippen molar-refractivity contribution < 1.29 is 9.13 Å². The second-order valence-electron chi connectivity index (χ2n) is 7.29. The average Bonchev–Trinajstić information content (AvgIpc) is 3.28. The number of hydrogen-bond donors (Lipinski definition) is 0. The Kier molecular flexibility index (Phi) is 6.35. The van der Waals surface area contributed by atoms with E-state index in [0.717, 1.165) is 42.8 Å². The molecule has 0 unspecified atom stereocenters. The maximum absolute atomic E-state index is 12.9. The molecule has 1 aliphatic heterocycles. The fraction of sp³-hybridized carbons (Fsp3) is 0.250. The molecule has 5 nitrogen and oxygen atoms in total. The molecular formula is C24H24FN3O2. The summed E-state index contributed by atoms with van der Waals surface area (Å²) in [4.78, 5) is 18.9. The fourth-order valence-corrected chi connectivity index (χ4v) is 3.48. The predicted octanol–water partition coefficient (Wildman–Crippen LogP) is 4.02. The molecule has 3 aromatic rings. The van der Waals surface area contributed by atoms with Crippen molar-refractivity contribution in [2.75, 3.05) is 26.2 Å². The summed E-state index contributed by atoms with van der Waals surface area (Å²) < 4.78 is 20.3. The summed E-state index contributed by atoms with van der Waals surface area (Å²) >= 11 is 0. The van der Waals surface area contributed by atoms with E-state index in [0.29, 0.717) is 12.3 Å². The number of pyridine rings is 2. The Bertz CT molecular complexity index is 1050. The lowest BCUT2D eigenvalue weighted by Crippen LogP contribution is -2.25. The molecule has 4 rings (SSSR count). The average molecular weight is 405 g/mol. The van der Waals surface area contributed by atoms with Crippen molar-refractivity contribution in [3.8, 4) is 11.4 Å². The molecule has 3 heterocycles. The largest absolute Gasteiger partial charge is 0.492 e. The van der Waals surface area contributed by atoms with Gasteiger partial charge in [0.05, 0.1) is 11.9 Å². The molecular weight excluding hydrogens is 381 g/mol. The van der Waals surface area contributed by atoms with Gasteiger partial charge in [0.15, 0.2) is 0 Å². The molecule has 0 atom stereocenters. The lowest BCUT2D eigenvalue weighted by atomic mass is 10.2. The van der Waals surface area contributed by atoms with Crippen LogP contribution in [0.4, 0.5) is 4.39 Å². The van der Waals surface area contributed by atoms with Crippen LogP contribution in [0.15, 0.2) is 65.7 Å². The summed E-state index contributed by atoms with van der Waals surface area (Å²) in [5, 5.41) is 0. The van der Waals surface area contributed by atoms with E-state index in [9.17, 15) is 9.18 Å². The summed E-state index contributed by atoms with van der Waals surface area (Å²) in [5.41, 5.74) is 2.03. The van der Waals surface area contributed by atoms with Gasteiger partial charge < -0.3 is 4.74 Å². The lowest BCUT2D eigenvalue weighted by molar-refractivity contribution is 0.238. The van der Waals surface area contributed by atoms with Crippen molar-refractivity contribution in [2.45, 2.75) is 12.8 Å². The van der Waals surface area contributed by atoms with E-state index in [-0.39, 0.29) is 11.4 Å². The summed E-state index contributed by atoms with van der Waals surface area (Å²) in [6, 6.07) is 13.9. The Labute approximate surface area is 175 Å². The number of halogens is 1. The lowest BCUT2D eigenvalue weighted by Gasteiger charge is -2.15. The number of hydrogen-bond acceptors (Lipinski definition) is 4. The first-order valence-electron chi connectivity index (χ1n) is 10.2. The predicted molar refractivity (Wildman–Crippen MR) is 116 cm³/mol. The van der Waals surface area contributed by atoms with Crippen molar-refractivity contribution in [1.82, 2.24) is 14.5 Å². The third-order valence-electron chi connectivity index (χ3n) is 5.13. The Hall–Kier alpha value is -3.25. The van der Waals surface area contributed by atoms with Gasteiger partial charge in [0.1, 0.15) is 18.2 Å². The van der Waals surface area contributed by atoms with Crippen LogP contribution in [0.25, 0.3) is 17.8 Å². The van der Waals surface area contributed by atoms with E-state index < -0.39 is 0 Å². The SMILES string of the molecule is O=c1cc(/C=C/c2ccc(F)cn2)ccn1-c1ccc(OCCN2CCCC2)cc1. The number of rotatable bonds is 7. The highest BCUT2D eigenvalue weighted by Gasteiger charge is 2.10. The fourth-order valence-electron chi connectivity index (χ4n) is 3.48. The highest BCUT2D eigenvalue weighted by Crippen LogP contribution is 2.15. The number of nitrogens with zero attached hydrogens (tertiary/aromatic N) is 3. The third kappa shape index (κ3) is 5.21. The summed E-state index contributed by atoms with van der Waals surface area (Å²) in [6.07, 6.45) is 8.99. The van der Waals surface area contributed by atoms with E-state index >= 15 is 0 Å². The Morgan fingerprint density at radius 3 is 2.53 bits per heavy atom. The molecule has 154 valence electrons. The van der Waals surface area contributed by atoms with Crippen LogP contribution in [-0.2, 0) is 0 Å². The van der Waals surface area contributed by atoms with Gasteiger partial charge in [-0.05, 0) is 80.0 Å². The first kappa shape index (κ1) is 20.0. The van der Waals surface area contributed by atoms with Crippen molar-refractivity contribution in [2.24, 2.45) is 0 Å². The van der Waals surface area contributed by atoms with Gasteiger partial charge >= 0.3 is 0 Å². The highest BCUT2D eigenvalue weighted by molar-refractivity contribution is 5.67. The summed E-state index contributed by atoms with van der Waals surface area (Å²) in [7, 11) is 0. The molecule has 1 saturated heterocycles. The number of ether oxygens (including phenoxy) is 1. The standard InChI is InChI=1S/C24H24FN3O2/c25-20-4-6-21(26-18-20)5-3-19-11-14-28(24(29)17-19)22-7-9-23(10-8-22)30-16-15-27-12-1-2-13-27/h3-11,14,17-18H,1-2,12-13,15-16H2/b5-3+. The minimum atomic E-state index is -0.377. The third-order valence-corrected chi connectivity index (χ3v) is 5.13. The minimum Gasteiger partial charge on any atom is -0.492 e. The quantitative estimate of drug-likeness (QED) is 0.596. The van der Waals surface area contributed by atoms with Gasteiger partial charge in [-0.1, -0.05) is 6.08 Å². The topological polar surface area (TPSA) is 47.4 Å². The second kappa shape index (κ2) is 9.50. The van der Waals surface area contributed by atoms with Gasteiger partial charge in [0.2, 0.25) is 0 Å². The number of likely N-dealkylation sites (tertiary alicyclic amines) is 1. The van der Waals surface area contributed by atoms with Crippen molar-refractivity contribution >= 4 is 12.2 Å². The van der Waals surface area contributed by atoms with Crippen LogP contribution in [0.3, 0.4) is 0 Å². The normalized spacial score (nSPS) is 14.4. The van der Waals surface area contributed by atoms with Gasteiger partial charge in [-0.3, -0.25) is 19.2 Å². The molecule has 0 radical (unpaired) electrons. The number of aromatic nitrogens is 2. The Balaban J connectivity index is 1.38. The van der Waals surface area contributed by atoms with Crippen LogP contribution in [0.2, 0.25) is 0 Å². The molecule has 0 bridgehead atoms. The zero-order valence-electron chi connectivity index (χ0n) is 16.7. The molecule has 0 amide bonds. The van der Waals surface area contributed by atoms with Gasteiger partial charge in [-0.25, -0.2) is 4.39 Å². The zero-order chi connectivity index (χ0) is 20.8. The first-order chi connectivity index (χ1) is 14.7. The molecule has 1 fully saturated rings. The van der Waals surface area contributed by atoms with Crippen LogP contribution < -0.4 is 10.3 Å². The minimum absolute atomic E-state index is 0.132. The van der Waals surface area contributed by atoms with Crippen LogP contribution >= 0.6 is 0 Å². The summed E-state index contributed by atoms with van der Waals surface area (Å²) in [5.74, 6) is 0.426. The first-order valence-corrected chi connectivity index (χ1v) is 10.2. The Morgan fingerprint density at radius 2 is 1.83 bits per heavy atom. The van der Waals surface area contributed by atoms with E-state index in [4.69, 9.17) is 4.74 Å². The van der Waals surface area contributed by atoms with Crippen LogP contribution in [0, 0.1) is 5.82 Å². The van der Waals surface area contributed by atoms with Gasteiger partial charge in [0, 0.05) is 24.5 Å². The molecule has 0 N–H and O–H groups in total. The van der Waals surface area contributed by atoms with Gasteiger partial charge in [0.25, 0.3) is 5.56 Å². The monoisotopic (exact) mass is 405 g/mol. The maximum atomic E-state index is 12.9. The molecule has 6 heteroatoms.